The third-order valence-corrected chi connectivity index (χ3v) is 3.25. The van der Waals surface area contributed by atoms with Crippen LogP contribution in [0, 0.1) is 0 Å². The summed E-state index contributed by atoms with van der Waals surface area (Å²) in [5.74, 6) is -0.0694. The summed E-state index contributed by atoms with van der Waals surface area (Å²) in [7, 11) is 1.49. The Bertz CT molecular complexity index is 615. The molecule has 2 N–H and O–H groups in total. The smallest absolute Gasteiger partial charge is 0.261 e. The van der Waals surface area contributed by atoms with Gasteiger partial charge in [0.1, 0.15) is 11.5 Å². The minimum atomic E-state index is -0.360. The fraction of sp³-hybridized carbons (Fsp3) is 0.211. The number of hydrogen-bond acceptors (Lipinski definition) is 4. The summed E-state index contributed by atoms with van der Waals surface area (Å²) < 4.78 is 5.14. The van der Waals surface area contributed by atoms with Crippen molar-refractivity contribution in [3.8, 4) is 5.75 Å². The maximum atomic E-state index is 11.6. The fourth-order valence-corrected chi connectivity index (χ4v) is 1.86. The van der Waals surface area contributed by atoms with E-state index in [1.54, 1.807) is 36.4 Å². The van der Waals surface area contributed by atoms with Crippen LogP contribution in [0.25, 0.3) is 0 Å². The second-order valence-corrected chi connectivity index (χ2v) is 5.07. The zero-order chi connectivity index (χ0) is 17.8. The molecule has 4 nitrogen and oxygen atoms in total. The minimum absolute atomic E-state index is 0.0759. The number of phenols is 1. The molecule has 0 fully saturated rings. The van der Waals surface area contributed by atoms with Gasteiger partial charge in [-0.15, -0.1) is 0 Å². The molecule has 0 saturated carbocycles. The zero-order valence-electron chi connectivity index (χ0n) is 13.6. The maximum Gasteiger partial charge on any atom is 0.261 e. The van der Waals surface area contributed by atoms with E-state index in [1.165, 1.54) is 19.4 Å². The first kappa shape index (κ1) is 19.4. The Morgan fingerprint density at radius 3 is 2.50 bits per heavy atom. The lowest BCUT2D eigenvalue weighted by molar-refractivity contribution is 0.173. The van der Waals surface area contributed by atoms with Gasteiger partial charge in [-0.3, -0.25) is 4.79 Å². The first-order valence-electron chi connectivity index (χ1n) is 7.67. The number of aliphatic hydroxyl groups is 1. The molecule has 0 aliphatic carbocycles. The molecule has 125 valence electrons. The SMILES string of the molecule is C=C/C(=C\C=C(\O)C=C)CC[B]C(=O)OCCc1ccc(O)cc1. The van der Waals surface area contributed by atoms with Crippen molar-refractivity contribution < 1.29 is 19.7 Å². The molecule has 0 spiro atoms. The third-order valence-electron chi connectivity index (χ3n) is 3.25. The van der Waals surface area contributed by atoms with Gasteiger partial charge in [-0.2, -0.15) is 0 Å². The van der Waals surface area contributed by atoms with Crippen molar-refractivity contribution in [1.29, 1.82) is 0 Å². The molecule has 1 aromatic carbocycles. The van der Waals surface area contributed by atoms with Crippen molar-refractivity contribution >= 4 is 13.1 Å². The lowest BCUT2D eigenvalue weighted by atomic mass is 9.72. The minimum Gasteiger partial charge on any atom is -0.508 e. The highest BCUT2D eigenvalue weighted by molar-refractivity contribution is 6.71. The molecule has 0 saturated heterocycles. The Morgan fingerprint density at radius 1 is 1.17 bits per heavy atom. The normalized spacial score (nSPS) is 11.7. The van der Waals surface area contributed by atoms with E-state index in [1.807, 2.05) is 0 Å². The molecular weight excluding hydrogens is 303 g/mol. The number of aliphatic hydroxyl groups excluding tert-OH is 1. The molecule has 0 aliphatic heterocycles. The van der Waals surface area contributed by atoms with E-state index in [2.05, 4.69) is 13.2 Å². The highest BCUT2D eigenvalue weighted by Crippen LogP contribution is 2.10. The Morgan fingerprint density at radius 2 is 1.88 bits per heavy atom. The third kappa shape index (κ3) is 8.08. The molecule has 1 rings (SSSR count). The van der Waals surface area contributed by atoms with Crippen molar-refractivity contribution in [2.45, 2.75) is 19.2 Å². The van der Waals surface area contributed by atoms with Gasteiger partial charge in [0.25, 0.3) is 7.28 Å². The predicted molar refractivity (Wildman–Crippen MR) is 97.5 cm³/mol. The van der Waals surface area contributed by atoms with Gasteiger partial charge >= 0.3 is 0 Å². The molecule has 5 heteroatoms. The number of carbonyl (C=O) groups is 1. The Balaban J connectivity index is 2.26. The van der Waals surface area contributed by atoms with E-state index in [0.29, 0.717) is 25.8 Å². The molecule has 24 heavy (non-hydrogen) atoms. The summed E-state index contributed by atoms with van der Waals surface area (Å²) in [5.41, 5.74) is 1.89. The molecule has 0 aliphatic rings. The van der Waals surface area contributed by atoms with Gasteiger partial charge in [0.2, 0.25) is 5.87 Å². The quantitative estimate of drug-likeness (QED) is 0.382. The molecule has 0 bridgehead atoms. The topological polar surface area (TPSA) is 66.8 Å². The number of ether oxygens (including phenoxy) is 1. The van der Waals surface area contributed by atoms with E-state index < -0.39 is 0 Å². The van der Waals surface area contributed by atoms with E-state index in [0.717, 1.165) is 11.1 Å². The molecule has 1 radical (unpaired) electrons. The van der Waals surface area contributed by atoms with Gasteiger partial charge in [-0.05, 0) is 41.8 Å². The molecule has 0 amide bonds. The van der Waals surface area contributed by atoms with Gasteiger partial charge in [0.05, 0.1) is 6.61 Å². The van der Waals surface area contributed by atoms with Crippen molar-refractivity contribution in [2.24, 2.45) is 0 Å². The Kier molecular flexibility index (Phi) is 8.83. The van der Waals surface area contributed by atoms with Crippen LogP contribution in [0.2, 0.25) is 6.32 Å². The second-order valence-electron chi connectivity index (χ2n) is 5.07. The molecular formula is C19H22BO4. The van der Waals surface area contributed by atoms with Crippen LogP contribution >= 0.6 is 0 Å². The number of rotatable bonds is 10. The number of benzene rings is 1. The number of allylic oxidation sites excluding steroid dienone is 5. The van der Waals surface area contributed by atoms with Crippen molar-refractivity contribution in [3.05, 3.63) is 78.6 Å². The Labute approximate surface area is 143 Å². The molecule has 0 atom stereocenters. The van der Waals surface area contributed by atoms with Crippen LogP contribution in [0.5, 0.6) is 5.75 Å². The van der Waals surface area contributed by atoms with Gasteiger partial charge < -0.3 is 14.9 Å². The van der Waals surface area contributed by atoms with Gasteiger partial charge in [0.15, 0.2) is 0 Å². The van der Waals surface area contributed by atoms with Crippen molar-refractivity contribution in [2.75, 3.05) is 6.61 Å². The summed E-state index contributed by atoms with van der Waals surface area (Å²) >= 11 is 0. The van der Waals surface area contributed by atoms with E-state index in [9.17, 15) is 15.0 Å². The monoisotopic (exact) mass is 325 g/mol. The first-order chi connectivity index (χ1) is 11.5. The van der Waals surface area contributed by atoms with Crippen LogP contribution in [0.3, 0.4) is 0 Å². The number of carbonyl (C=O) groups excluding carboxylic acids is 1. The highest BCUT2D eigenvalue weighted by atomic mass is 16.5. The molecule has 0 unspecified atom stereocenters. The molecule has 0 heterocycles. The summed E-state index contributed by atoms with van der Waals surface area (Å²) in [6.45, 7) is 7.44. The fourth-order valence-electron chi connectivity index (χ4n) is 1.86. The van der Waals surface area contributed by atoms with Crippen LogP contribution < -0.4 is 0 Å². The summed E-state index contributed by atoms with van der Waals surface area (Å²) in [5, 5.41) is 18.5. The van der Waals surface area contributed by atoms with E-state index in [-0.39, 0.29) is 17.4 Å². The summed E-state index contributed by atoms with van der Waals surface area (Å²) in [6, 6.07) is 6.79. The second kappa shape index (κ2) is 10.9. The zero-order valence-corrected chi connectivity index (χ0v) is 13.6. The molecule has 1 aromatic rings. The number of hydrogen-bond donors (Lipinski definition) is 2. The standard InChI is InChI=1S/C19H22BO4/c1-3-15(5-8-17(21)4-2)11-13-20-19(23)24-14-12-16-6-9-18(22)10-7-16/h3-10,21-22H,1-2,11-14H2/b15-5+,17-8+. The van der Waals surface area contributed by atoms with Crippen LogP contribution in [-0.4, -0.2) is 30.0 Å². The van der Waals surface area contributed by atoms with Crippen LogP contribution in [0.15, 0.2) is 73.1 Å². The average Bonchev–Trinajstić information content (AvgIpc) is 2.59. The van der Waals surface area contributed by atoms with Gasteiger partial charge in [-0.1, -0.05) is 43.8 Å². The largest absolute Gasteiger partial charge is 0.508 e. The lowest BCUT2D eigenvalue weighted by Gasteiger charge is -2.05. The Hall–Kier alpha value is -2.69. The van der Waals surface area contributed by atoms with Crippen molar-refractivity contribution in [1.82, 2.24) is 0 Å². The van der Waals surface area contributed by atoms with E-state index >= 15 is 0 Å². The van der Waals surface area contributed by atoms with Crippen LogP contribution in [-0.2, 0) is 11.2 Å². The van der Waals surface area contributed by atoms with Crippen LogP contribution in [0.4, 0.5) is 4.79 Å². The number of aromatic hydroxyl groups is 1. The van der Waals surface area contributed by atoms with Crippen LogP contribution in [0.1, 0.15) is 12.0 Å². The van der Waals surface area contributed by atoms with Crippen molar-refractivity contribution in [3.63, 3.8) is 0 Å². The van der Waals surface area contributed by atoms with E-state index in [4.69, 9.17) is 4.74 Å². The number of phenolic OH excluding ortho intramolecular Hbond substituents is 1. The highest BCUT2D eigenvalue weighted by Gasteiger charge is 2.06. The van der Waals surface area contributed by atoms with Gasteiger partial charge in [0, 0.05) is 6.42 Å². The maximum absolute atomic E-state index is 11.6. The first-order valence-corrected chi connectivity index (χ1v) is 7.67. The summed E-state index contributed by atoms with van der Waals surface area (Å²) in [4.78, 5) is 11.6. The summed E-state index contributed by atoms with van der Waals surface area (Å²) in [6.07, 6.45) is 8.03. The predicted octanol–water partition coefficient (Wildman–Crippen LogP) is 4.32. The van der Waals surface area contributed by atoms with Gasteiger partial charge in [-0.25, -0.2) is 0 Å². The lowest BCUT2D eigenvalue weighted by Crippen LogP contribution is -2.13. The average molecular weight is 325 g/mol. The molecule has 0 aromatic heterocycles.